The minimum atomic E-state index is -0.0948. The predicted octanol–water partition coefficient (Wildman–Crippen LogP) is 2.21. The minimum Gasteiger partial charge on any atom is -0.340 e. The zero-order valence-corrected chi connectivity index (χ0v) is 15.7. The number of hydrogen-bond acceptors (Lipinski definition) is 3. The monoisotopic (exact) mass is 370 g/mol. The maximum Gasteiger partial charge on any atom is 0.321 e. The molecule has 3 aliphatic rings. The number of fused-ring (bicyclic) bond motifs is 1. The van der Waals surface area contributed by atoms with Crippen molar-refractivity contribution in [2.75, 3.05) is 36.4 Å². The lowest BCUT2D eigenvalue weighted by molar-refractivity contribution is -0.130. The first-order chi connectivity index (χ1) is 13.0. The Morgan fingerprint density at radius 2 is 1.85 bits per heavy atom. The molecular weight excluding hydrogens is 344 g/mol. The van der Waals surface area contributed by atoms with Gasteiger partial charge in [-0.05, 0) is 49.4 Å². The molecule has 4 rings (SSSR count). The average Bonchev–Trinajstić information content (AvgIpc) is 3.27. The Hall–Kier alpha value is -2.57. The number of benzene rings is 1. The molecule has 0 unspecified atom stereocenters. The van der Waals surface area contributed by atoms with Gasteiger partial charge in [0.05, 0.1) is 0 Å². The summed E-state index contributed by atoms with van der Waals surface area (Å²) < 4.78 is 0. The van der Waals surface area contributed by atoms with Crippen LogP contribution in [0.15, 0.2) is 18.2 Å². The number of carbonyl (C=O) groups is 3. The zero-order chi connectivity index (χ0) is 19.0. The van der Waals surface area contributed by atoms with E-state index in [2.05, 4.69) is 5.32 Å². The maximum atomic E-state index is 12.6. The fourth-order valence-electron chi connectivity index (χ4n) is 4.44. The second-order valence-corrected chi connectivity index (χ2v) is 7.60. The molecule has 4 amide bonds. The first-order valence-electron chi connectivity index (χ1n) is 9.79. The third kappa shape index (κ3) is 3.50. The van der Waals surface area contributed by atoms with Crippen molar-refractivity contribution in [2.45, 2.75) is 45.1 Å². The van der Waals surface area contributed by atoms with Crippen LogP contribution in [0, 0.1) is 0 Å². The predicted molar refractivity (Wildman–Crippen MR) is 103 cm³/mol. The van der Waals surface area contributed by atoms with Crippen LogP contribution >= 0.6 is 0 Å². The second-order valence-electron chi connectivity index (χ2n) is 7.60. The summed E-state index contributed by atoms with van der Waals surface area (Å²) in [6, 6.07) is 5.91. The van der Waals surface area contributed by atoms with Crippen LogP contribution in [0.3, 0.4) is 0 Å². The van der Waals surface area contributed by atoms with E-state index < -0.39 is 0 Å². The number of nitrogens with zero attached hydrogens (tertiary/aromatic N) is 3. The van der Waals surface area contributed by atoms with E-state index >= 15 is 0 Å². The van der Waals surface area contributed by atoms with Crippen LogP contribution in [0.1, 0.15) is 38.2 Å². The number of amides is 4. The highest BCUT2D eigenvalue weighted by Gasteiger charge is 2.32. The number of anilines is 2. The number of hydrogen-bond donors (Lipinski definition) is 1. The molecule has 0 aliphatic carbocycles. The Labute approximate surface area is 159 Å². The van der Waals surface area contributed by atoms with Gasteiger partial charge in [0.15, 0.2) is 0 Å². The Morgan fingerprint density at radius 3 is 2.52 bits per heavy atom. The molecular formula is C20H26N4O3. The number of piperidine rings is 1. The topological polar surface area (TPSA) is 73.0 Å². The molecule has 0 saturated carbocycles. The minimum absolute atomic E-state index is 0.0462. The molecule has 1 aromatic carbocycles. The molecule has 1 N–H and O–H groups in total. The second kappa shape index (κ2) is 7.21. The van der Waals surface area contributed by atoms with Gasteiger partial charge < -0.3 is 20.0 Å². The van der Waals surface area contributed by atoms with Crippen molar-refractivity contribution in [1.29, 1.82) is 0 Å². The Bertz CT molecular complexity index is 770. The number of likely N-dealkylation sites (tertiary alicyclic amines) is 2. The number of urea groups is 1. The molecule has 2 fully saturated rings. The van der Waals surface area contributed by atoms with Crippen molar-refractivity contribution >= 4 is 29.2 Å². The van der Waals surface area contributed by atoms with Gasteiger partial charge in [0.2, 0.25) is 11.8 Å². The van der Waals surface area contributed by atoms with E-state index in [4.69, 9.17) is 0 Å². The van der Waals surface area contributed by atoms with E-state index in [1.54, 1.807) is 11.8 Å². The third-order valence-electron chi connectivity index (χ3n) is 5.91. The summed E-state index contributed by atoms with van der Waals surface area (Å²) in [5, 5.41) is 2.98. The molecule has 3 aliphatic heterocycles. The third-order valence-corrected chi connectivity index (χ3v) is 5.91. The van der Waals surface area contributed by atoms with E-state index in [1.165, 1.54) is 0 Å². The zero-order valence-electron chi connectivity index (χ0n) is 15.7. The smallest absolute Gasteiger partial charge is 0.321 e. The lowest BCUT2D eigenvalue weighted by Crippen LogP contribution is -2.48. The Kier molecular flexibility index (Phi) is 4.76. The molecule has 3 heterocycles. The maximum absolute atomic E-state index is 12.6. The molecule has 1 aromatic rings. The highest BCUT2D eigenvalue weighted by Crippen LogP contribution is 2.30. The summed E-state index contributed by atoms with van der Waals surface area (Å²) in [4.78, 5) is 41.7. The quantitative estimate of drug-likeness (QED) is 0.868. The van der Waals surface area contributed by atoms with Crippen LogP contribution < -0.4 is 10.2 Å². The van der Waals surface area contributed by atoms with E-state index in [1.807, 2.05) is 28.0 Å². The normalized spacial score (nSPS) is 20.2. The SMILES string of the molecule is CC(=O)N1CCc2cc(NC(=O)N3CCC(N4CCCC4=O)CC3)ccc21. The van der Waals surface area contributed by atoms with Crippen LogP contribution in [0.5, 0.6) is 0 Å². The summed E-state index contributed by atoms with van der Waals surface area (Å²) in [7, 11) is 0. The van der Waals surface area contributed by atoms with Crippen LogP contribution in [0.2, 0.25) is 0 Å². The first kappa shape index (κ1) is 17.8. The van der Waals surface area contributed by atoms with Gasteiger partial charge in [-0.2, -0.15) is 0 Å². The van der Waals surface area contributed by atoms with Crippen LogP contribution in [-0.2, 0) is 16.0 Å². The number of carbonyl (C=O) groups excluding carboxylic acids is 3. The molecule has 7 nitrogen and oxygen atoms in total. The summed E-state index contributed by atoms with van der Waals surface area (Å²) in [6.07, 6.45) is 4.13. The Balaban J connectivity index is 1.34. The van der Waals surface area contributed by atoms with Gasteiger partial charge in [0, 0.05) is 56.9 Å². The van der Waals surface area contributed by atoms with Crippen LogP contribution in [-0.4, -0.2) is 59.9 Å². The van der Waals surface area contributed by atoms with E-state index in [9.17, 15) is 14.4 Å². The van der Waals surface area contributed by atoms with Crippen molar-refractivity contribution in [3.8, 4) is 0 Å². The van der Waals surface area contributed by atoms with Crippen molar-refractivity contribution in [3.05, 3.63) is 23.8 Å². The highest BCUT2D eigenvalue weighted by atomic mass is 16.2. The summed E-state index contributed by atoms with van der Waals surface area (Å²) in [5.74, 6) is 0.306. The van der Waals surface area contributed by atoms with Crippen molar-refractivity contribution < 1.29 is 14.4 Å². The fourth-order valence-corrected chi connectivity index (χ4v) is 4.44. The first-order valence-corrected chi connectivity index (χ1v) is 9.79. The lowest BCUT2D eigenvalue weighted by atomic mass is 10.0. The molecule has 2 saturated heterocycles. The van der Waals surface area contributed by atoms with Crippen LogP contribution in [0.25, 0.3) is 0 Å². The van der Waals surface area contributed by atoms with Gasteiger partial charge in [-0.3, -0.25) is 9.59 Å². The van der Waals surface area contributed by atoms with Gasteiger partial charge in [-0.25, -0.2) is 4.79 Å². The largest absolute Gasteiger partial charge is 0.340 e. The summed E-state index contributed by atoms with van der Waals surface area (Å²) in [5.41, 5.74) is 2.80. The summed E-state index contributed by atoms with van der Waals surface area (Å²) in [6.45, 7) is 4.48. The molecule has 7 heteroatoms. The highest BCUT2D eigenvalue weighted by molar-refractivity contribution is 5.95. The number of nitrogens with one attached hydrogen (secondary N) is 1. The van der Waals surface area contributed by atoms with Crippen molar-refractivity contribution in [1.82, 2.24) is 9.80 Å². The van der Waals surface area contributed by atoms with E-state index in [-0.39, 0.29) is 23.9 Å². The van der Waals surface area contributed by atoms with E-state index in [0.29, 0.717) is 26.1 Å². The standard InChI is InChI=1S/C20H26N4O3/c1-14(25)23-12-6-15-13-16(4-5-18(15)23)21-20(27)22-10-7-17(8-11-22)24-9-2-3-19(24)26/h4-5,13,17H,2-3,6-12H2,1H3,(H,21,27). The van der Waals surface area contributed by atoms with Gasteiger partial charge in [0.1, 0.15) is 0 Å². The van der Waals surface area contributed by atoms with Gasteiger partial charge in [-0.1, -0.05) is 0 Å². The van der Waals surface area contributed by atoms with Crippen LogP contribution in [0.4, 0.5) is 16.2 Å². The van der Waals surface area contributed by atoms with Gasteiger partial charge in [0.25, 0.3) is 0 Å². The van der Waals surface area contributed by atoms with Gasteiger partial charge in [-0.15, -0.1) is 0 Å². The average molecular weight is 370 g/mol. The van der Waals surface area contributed by atoms with Gasteiger partial charge >= 0.3 is 6.03 Å². The molecule has 0 radical (unpaired) electrons. The Morgan fingerprint density at radius 1 is 1.07 bits per heavy atom. The van der Waals surface area contributed by atoms with E-state index in [0.717, 1.165) is 49.2 Å². The molecule has 144 valence electrons. The summed E-state index contributed by atoms with van der Waals surface area (Å²) >= 11 is 0. The number of rotatable bonds is 2. The van der Waals surface area contributed by atoms with Crippen molar-refractivity contribution in [2.24, 2.45) is 0 Å². The molecule has 0 bridgehead atoms. The molecule has 0 spiro atoms. The molecule has 0 atom stereocenters. The molecule has 0 aromatic heterocycles. The fraction of sp³-hybridized carbons (Fsp3) is 0.550. The lowest BCUT2D eigenvalue weighted by Gasteiger charge is -2.36. The van der Waals surface area contributed by atoms with Crippen molar-refractivity contribution in [3.63, 3.8) is 0 Å². The molecule has 27 heavy (non-hydrogen) atoms.